The molecule has 0 aromatic carbocycles. The third-order valence-electron chi connectivity index (χ3n) is 0.422. The van der Waals surface area contributed by atoms with Crippen LogP contribution in [0.4, 0.5) is 0 Å². The van der Waals surface area contributed by atoms with E-state index in [1.54, 1.807) is 27.7 Å². The van der Waals surface area contributed by atoms with E-state index in [0.717, 1.165) is 0 Å². The van der Waals surface area contributed by atoms with Gasteiger partial charge in [-0.3, -0.25) is 10.5 Å². The molecule has 0 saturated heterocycles. The van der Waals surface area contributed by atoms with Crippen molar-refractivity contribution in [2.24, 2.45) is 0 Å². The van der Waals surface area contributed by atoms with Crippen LogP contribution in [0, 0.1) is 0 Å². The molecule has 0 rings (SSSR count). The third-order valence-corrected chi connectivity index (χ3v) is 0.422. The van der Waals surface area contributed by atoms with Crippen LogP contribution in [0.3, 0.4) is 0 Å². The maximum atomic E-state index is 7.64. The maximum absolute atomic E-state index is 7.64. The molecule has 0 aliphatic carbocycles. The molecule has 0 bridgehead atoms. The van der Waals surface area contributed by atoms with Crippen LogP contribution in [-0.4, -0.2) is 22.7 Å². The standard InChI is InChI=1S/2C3H8O2.Ti/c2*1-3(2)5-4;/h2*3-4H,1-2H3;. The van der Waals surface area contributed by atoms with Gasteiger partial charge < -0.3 is 0 Å². The number of hydrogen-bond acceptors (Lipinski definition) is 4. The topological polar surface area (TPSA) is 58.9 Å². The quantitative estimate of drug-likeness (QED) is 0.405. The van der Waals surface area contributed by atoms with Gasteiger partial charge in [-0.1, -0.05) is 0 Å². The van der Waals surface area contributed by atoms with Gasteiger partial charge in [0.15, 0.2) is 0 Å². The minimum atomic E-state index is -0.0602. The average molecular weight is 200 g/mol. The van der Waals surface area contributed by atoms with Crippen molar-refractivity contribution in [2.75, 3.05) is 0 Å². The van der Waals surface area contributed by atoms with Crippen LogP contribution in [0.5, 0.6) is 0 Å². The first-order valence-electron chi connectivity index (χ1n) is 3.15. The van der Waals surface area contributed by atoms with Crippen LogP contribution in [-0.2, 0) is 31.5 Å². The van der Waals surface area contributed by atoms with Crippen molar-refractivity contribution < 1.29 is 42.0 Å². The zero-order valence-corrected chi connectivity index (χ0v) is 8.93. The second-order valence-electron chi connectivity index (χ2n) is 2.31. The number of rotatable bonds is 2. The molecule has 0 atom stereocenters. The molecule has 0 aromatic rings. The van der Waals surface area contributed by atoms with Gasteiger partial charge in [-0.15, -0.1) is 0 Å². The van der Waals surface area contributed by atoms with Crippen LogP contribution in [0.2, 0.25) is 0 Å². The summed E-state index contributed by atoms with van der Waals surface area (Å²) in [5.74, 6) is 0. The van der Waals surface area contributed by atoms with E-state index in [2.05, 4.69) is 9.78 Å². The second kappa shape index (κ2) is 13.2. The van der Waals surface area contributed by atoms with E-state index in [-0.39, 0.29) is 33.9 Å². The molecule has 0 spiro atoms. The Morgan fingerprint density at radius 1 is 0.818 bits per heavy atom. The summed E-state index contributed by atoms with van der Waals surface area (Å²) in [7, 11) is 0. The van der Waals surface area contributed by atoms with Crippen LogP contribution in [0.25, 0.3) is 0 Å². The van der Waals surface area contributed by atoms with Gasteiger partial charge in [0.05, 0.1) is 12.2 Å². The molecular formula is C6H16O4Ti. The predicted octanol–water partition coefficient (Wildman–Crippen LogP) is 1.77. The van der Waals surface area contributed by atoms with Crippen LogP contribution >= 0.6 is 0 Å². The van der Waals surface area contributed by atoms with Gasteiger partial charge in [0.2, 0.25) is 0 Å². The van der Waals surface area contributed by atoms with Crippen molar-refractivity contribution in [2.45, 2.75) is 39.9 Å². The average Bonchev–Trinajstić information content (AvgIpc) is 1.89. The van der Waals surface area contributed by atoms with Crippen LogP contribution in [0.1, 0.15) is 27.7 Å². The first-order valence-corrected chi connectivity index (χ1v) is 3.15. The minimum Gasteiger partial charge on any atom is -0.252 e. The molecule has 0 aliphatic heterocycles. The summed E-state index contributed by atoms with van der Waals surface area (Å²) in [4.78, 5) is 7.50. The van der Waals surface area contributed by atoms with E-state index < -0.39 is 0 Å². The number of hydrogen-bond donors (Lipinski definition) is 2. The molecule has 2 N–H and O–H groups in total. The van der Waals surface area contributed by atoms with Crippen LogP contribution < -0.4 is 0 Å². The second-order valence-corrected chi connectivity index (χ2v) is 2.31. The third kappa shape index (κ3) is 37.2. The molecule has 68 valence electrons. The van der Waals surface area contributed by atoms with Crippen molar-refractivity contribution in [1.82, 2.24) is 0 Å². The summed E-state index contributed by atoms with van der Waals surface area (Å²) < 4.78 is 0. The molecule has 0 aromatic heterocycles. The first-order chi connectivity index (χ1) is 4.54. The fourth-order valence-electron chi connectivity index (χ4n) is 0. The Hall–Kier alpha value is 0.554. The van der Waals surface area contributed by atoms with Crippen molar-refractivity contribution in [1.29, 1.82) is 0 Å². The molecule has 5 heteroatoms. The molecule has 0 saturated carbocycles. The molecule has 0 fully saturated rings. The molecule has 0 aliphatic rings. The summed E-state index contributed by atoms with van der Waals surface area (Å²) in [6.45, 7) is 7.00. The Balaban J connectivity index is -0.000000107. The molecule has 11 heavy (non-hydrogen) atoms. The normalized spacial score (nSPS) is 8.73. The van der Waals surface area contributed by atoms with E-state index in [0.29, 0.717) is 0 Å². The predicted molar refractivity (Wildman–Crippen MR) is 37.7 cm³/mol. The monoisotopic (exact) mass is 200 g/mol. The van der Waals surface area contributed by atoms with E-state index in [4.69, 9.17) is 10.5 Å². The minimum absolute atomic E-state index is 0. The Labute approximate surface area is 82.3 Å². The van der Waals surface area contributed by atoms with Crippen molar-refractivity contribution in [3.8, 4) is 0 Å². The zero-order valence-electron chi connectivity index (χ0n) is 7.37. The molecule has 4 nitrogen and oxygen atoms in total. The summed E-state index contributed by atoms with van der Waals surface area (Å²) >= 11 is 0. The SMILES string of the molecule is CC(C)OO.CC(C)OO.[Ti]. The Kier molecular flexibility index (Phi) is 21.1. The molecule has 0 radical (unpaired) electrons. The van der Waals surface area contributed by atoms with Crippen molar-refractivity contribution in [3.63, 3.8) is 0 Å². The van der Waals surface area contributed by atoms with E-state index in [1.165, 1.54) is 0 Å². The van der Waals surface area contributed by atoms with Gasteiger partial charge in [-0.25, -0.2) is 9.78 Å². The zero-order chi connectivity index (χ0) is 8.57. The van der Waals surface area contributed by atoms with Gasteiger partial charge in [0.1, 0.15) is 0 Å². The molecule has 0 amide bonds. The Morgan fingerprint density at radius 3 is 0.909 bits per heavy atom. The van der Waals surface area contributed by atoms with E-state index in [1.807, 2.05) is 0 Å². The summed E-state index contributed by atoms with van der Waals surface area (Å²) in [5, 5.41) is 15.3. The van der Waals surface area contributed by atoms with Gasteiger partial charge >= 0.3 is 0 Å². The fourth-order valence-corrected chi connectivity index (χ4v) is 0. The Morgan fingerprint density at radius 2 is 0.909 bits per heavy atom. The summed E-state index contributed by atoms with van der Waals surface area (Å²) in [5.41, 5.74) is 0. The van der Waals surface area contributed by atoms with E-state index >= 15 is 0 Å². The van der Waals surface area contributed by atoms with Gasteiger partial charge in [-0.05, 0) is 27.7 Å². The molecule has 0 heterocycles. The summed E-state index contributed by atoms with van der Waals surface area (Å²) in [6.07, 6.45) is -0.120. The smallest absolute Gasteiger partial charge is 0.0871 e. The van der Waals surface area contributed by atoms with Gasteiger partial charge in [0, 0.05) is 21.7 Å². The molecule has 0 unspecified atom stereocenters. The van der Waals surface area contributed by atoms with Gasteiger partial charge in [-0.2, -0.15) is 0 Å². The fraction of sp³-hybridized carbons (Fsp3) is 1.00. The maximum Gasteiger partial charge on any atom is 0.0871 e. The van der Waals surface area contributed by atoms with E-state index in [9.17, 15) is 0 Å². The van der Waals surface area contributed by atoms with Crippen LogP contribution in [0.15, 0.2) is 0 Å². The Bertz CT molecular complexity index is 50.5. The van der Waals surface area contributed by atoms with Crippen molar-refractivity contribution in [3.05, 3.63) is 0 Å². The van der Waals surface area contributed by atoms with Crippen molar-refractivity contribution >= 4 is 0 Å². The first kappa shape index (κ1) is 17.6. The largest absolute Gasteiger partial charge is 0.252 e. The molecular weight excluding hydrogens is 184 g/mol. The van der Waals surface area contributed by atoms with Gasteiger partial charge in [0.25, 0.3) is 0 Å². The summed E-state index contributed by atoms with van der Waals surface area (Å²) in [6, 6.07) is 0.